The number of hydrogen-bond acceptors (Lipinski definition) is 5. The summed E-state index contributed by atoms with van der Waals surface area (Å²) in [7, 11) is -2.20. The van der Waals surface area contributed by atoms with Gasteiger partial charge in [0.2, 0.25) is 11.9 Å². The molecule has 1 aliphatic heterocycles. The Labute approximate surface area is 129 Å². The van der Waals surface area contributed by atoms with Gasteiger partial charge in [-0.05, 0) is 18.6 Å². The summed E-state index contributed by atoms with van der Waals surface area (Å²) in [5.41, 5.74) is 0.445. The normalized spacial score (nSPS) is 17.1. The summed E-state index contributed by atoms with van der Waals surface area (Å²) in [6.07, 6.45) is 0.613. The fourth-order valence-corrected chi connectivity index (χ4v) is 3.06. The molecule has 0 bridgehead atoms. The van der Waals surface area contributed by atoms with Crippen molar-refractivity contribution >= 4 is 27.6 Å². The lowest BCUT2D eigenvalue weighted by Gasteiger charge is -2.21. The van der Waals surface area contributed by atoms with Crippen molar-refractivity contribution in [2.45, 2.75) is 18.2 Å². The van der Waals surface area contributed by atoms with Gasteiger partial charge in [-0.2, -0.15) is 0 Å². The Morgan fingerprint density at radius 3 is 2.86 bits per heavy atom. The second-order valence-corrected chi connectivity index (χ2v) is 6.31. The van der Waals surface area contributed by atoms with Crippen LogP contribution in [0.25, 0.3) is 0 Å². The predicted molar refractivity (Wildman–Crippen MR) is 82.5 cm³/mol. The molecule has 0 fully saturated rings. The van der Waals surface area contributed by atoms with E-state index in [-0.39, 0.29) is 16.8 Å². The van der Waals surface area contributed by atoms with Crippen LogP contribution in [-0.4, -0.2) is 40.5 Å². The Morgan fingerprint density at radius 2 is 2.18 bits per heavy atom. The first-order chi connectivity index (χ1) is 10.4. The van der Waals surface area contributed by atoms with E-state index in [1.165, 1.54) is 20.1 Å². The number of carbonyl (C=O) groups excluding carboxylic acids is 1. The third-order valence-corrected chi connectivity index (χ3v) is 4.32. The van der Waals surface area contributed by atoms with E-state index in [1.807, 2.05) is 0 Å². The van der Waals surface area contributed by atoms with Gasteiger partial charge in [-0.15, -0.1) is 0 Å². The summed E-state index contributed by atoms with van der Waals surface area (Å²) in [5, 5.41) is 5.57. The summed E-state index contributed by atoms with van der Waals surface area (Å²) < 4.78 is 31.8. The Bertz CT molecular complexity index is 700. The van der Waals surface area contributed by atoms with Crippen molar-refractivity contribution in [3.63, 3.8) is 0 Å². The number of anilines is 1. The van der Waals surface area contributed by atoms with Gasteiger partial charge in [-0.25, -0.2) is 13.1 Å². The van der Waals surface area contributed by atoms with Gasteiger partial charge < -0.3 is 15.4 Å². The molecule has 1 amide bonds. The Morgan fingerprint density at radius 1 is 1.41 bits per heavy atom. The molecule has 0 saturated heterocycles. The molecule has 0 spiro atoms. The summed E-state index contributed by atoms with van der Waals surface area (Å²) >= 11 is 0. The highest BCUT2D eigenvalue weighted by Gasteiger charge is 2.26. The van der Waals surface area contributed by atoms with E-state index in [2.05, 4.69) is 20.3 Å². The third-order valence-electron chi connectivity index (χ3n) is 2.94. The fourth-order valence-electron chi connectivity index (χ4n) is 1.90. The maximum Gasteiger partial charge on any atom is 0.266 e. The van der Waals surface area contributed by atoms with E-state index in [4.69, 9.17) is 4.74 Å². The van der Waals surface area contributed by atoms with Gasteiger partial charge in [-0.1, -0.05) is 0 Å². The van der Waals surface area contributed by atoms with E-state index in [9.17, 15) is 13.2 Å². The minimum absolute atomic E-state index is 0.105. The molecule has 22 heavy (non-hydrogen) atoms. The van der Waals surface area contributed by atoms with Crippen LogP contribution in [0.5, 0.6) is 5.75 Å². The number of methoxy groups -OCH3 is 1. The standard InChI is InChI=1S/C13H18N4O4S/c1-9(18)14-6-3-7-15-13-16-11-5-4-10(21-2)8-12(11)22(19,20)17-13/h4-5,8H,3,6-7H2,1-2H3,(H,14,18)(H2,15,16,17). The summed E-state index contributed by atoms with van der Waals surface area (Å²) in [6, 6.07) is 4.73. The number of nitrogens with zero attached hydrogens (tertiary/aromatic N) is 1. The van der Waals surface area contributed by atoms with Gasteiger partial charge in [-0.3, -0.25) is 9.79 Å². The van der Waals surface area contributed by atoms with Crippen LogP contribution in [-0.2, 0) is 14.8 Å². The summed E-state index contributed by atoms with van der Waals surface area (Å²) in [6.45, 7) is 2.32. The van der Waals surface area contributed by atoms with Crippen LogP contribution in [0, 0.1) is 0 Å². The number of ether oxygens (including phenoxy) is 1. The zero-order valence-corrected chi connectivity index (χ0v) is 13.2. The molecule has 3 N–H and O–H groups in total. The largest absolute Gasteiger partial charge is 0.497 e. The van der Waals surface area contributed by atoms with Crippen molar-refractivity contribution in [1.82, 2.24) is 10.0 Å². The zero-order valence-electron chi connectivity index (χ0n) is 12.3. The minimum Gasteiger partial charge on any atom is -0.497 e. The average molecular weight is 326 g/mol. The quantitative estimate of drug-likeness (QED) is 0.674. The lowest BCUT2D eigenvalue weighted by Crippen LogP contribution is -2.40. The first-order valence-corrected chi connectivity index (χ1v) is 8.17. The maximum atomic E-state index is 12.2. The molecule has 9 heteroatoms. The molecule has 1 aromatic rings. The molecule has 0 atom stereocenters. The Balaban J connectivity index is 2.08. The lowest BCUT2D eigenvalue weighted by atomic mass is 10.3. The van der Waals surface area contributed by atoms with Gasteiger partial charge in [0.1, 0.15) is 10.6 Å². The van der Waals surface area contributed by atoms with Gasteiger partial charge in [0, 0.05) is 26.1 Å². The summed E-state index contributed by atoms with van der Waals surface area (Å²) in [4.78, 5) is 15.0. The van der Waals surface area contributed by atoms with Crippen molar-refractivity contribution < 1.29 is 17.9 Å². The number of amides is 1. The number of rotatable bonds is 5. The van der Waals surface area contributed by atoms with Gasteiger partial charge >= 0.3 is 0 Å². The molecule has 0 aliphatic carbocycles. The first kappa shape index (κ1) is 16.1. The topological polar surface area (TPSA) is 109 Å². The van der Waals surface area contributed by atoms with Crippen molar-refractivity contribution in [1.29, 1.82) is 0 Å². The van der Waals surface area contributed by atoms with Crippen molar-refractivity contribution in [3.05, 3.63) is 18.2 Å². The lowest BCUT2D eigenvalue weighted by molar-refractivity contribution is -0.118. The van der Waals surface area contributed by atoms with Crippen LogP contribution in [0.2, 0.25) is 0 Å². The molecule has 8 nitrogen and oxygen atoms in total. The number of hydrogen-bond donors (Lipinski definition) is 3. The Hall–Kier alpha value is -2.29. The molecule has 0 saturated carbocycles. The molecule has 120 valence electrons. The second-order valence-electron chi connectivity index (χ2n) is 4.66. The highest BCUT2D eigenvalue weighted by atomic mass is 32.2. The van der Waals surface area contributed by atoms with E-state index >= 15 is 0 Å². The highest BCUT2D eigenvalue weighted by molar-refractivity contribution is 7.90. The highest BCUT2D eigenvalue weighted by Crippen LogP contribution is 2.28. The smallest absolute Gasteiger partial charge is 0.266 e. The molecular formula is C13H18N4O4S. The fraction of sp³-hybridized carbons (Fsp3) is 0.385. The van der Waals surface area contributed by atoms with Crippen LogP contribution in [0.4, 0.5) is 5.69 Å². The molecule has 1 heterocycles. The second kappa shape index (κ2) is 6.65. The molecule has 2 rings (SSSR count). The monoisotopic (exact) mass is 326 g/mol. The number of guanidine groups is 1. The number of benzene rings is 1. The molecule has 1 aliphatic rings. The van der Waals surface area contributed by atoms with E-state index in [0.29, 0.717) is 30.9 Å². The van der Waals surface area contributed by atoms with Gasteiger partial charge in [0.25, 0.3) is 10.0 Å². The molecule has 0 radical (unpaired) electrons. The van der Waals surface area contributed by atoms with Crippen LogP contribution in [0.15, 0.2) is 28.1 Å². The maximum absolute atomic E-state index is 12.2. The number of carbonyl (C=O) groups is 1. The Kier molecular flexibility index (Phi) is 4.86. The number of sulfonamides is 1. The van der Waals surface area contributed by atoms with Crippen LogP contribution < -0.4 is 20.1 Å². The van der Waals surface area contributed by atoms with Crippen LogP contribution in [0.1, 0.15) is 13.3 Å². The van der Waals surface area contributed by atoms with E-state index in [0.717, 1.165) is 0 Å². The molecule has 1 aromatic carbocycles. The van der Waals surface area contributed by atoms with Gasteiger partial charge in [0.15, 0.2) is 0 Å². The average Bonchev–Trinajstić information content (AvgIpc) is 2.45. The van der Waals surface area contributed by atoms with Crippen LogP contribution >= 0.6 is 0 Å². The summed E-state index contributed by atoms with van der Waals surface area (Å²) in [5.74, 6) is 0.522. The number of aliphatic imine (C=N–C) groups is 1. The first-order valence-electron chi connectivity index (χ1n) is 6.69. The van der Waals surface area contributed by atoms with Crippen molar-refractivity contribution in [3.8, 4) is 5.75 Å². The van der Waals surface area contributed by atoms with Crippen molar-refractivity contribution in [2.75, 3.05) is 25.5 Å². The van der Waals surface area contributed by atoms with Crippen molar-refractivity contribution in [2.24, 2.45) is 4.99 Å². The predicted octanol–water partition coefficient (Wildman–Crippen LogP) is 0.281. The van der Waals surface area contributed by atoms with Gasteiger partial charge in [0.05, 0.1) is 12.8 Å². The third kappa shape index (κ3) is 3.88. The zero-order chi connectivity index (χ0) is 16.2. The minimum atomic E-state index is -3.67. The number of fused-ring (bicyclic) bond motifs is 1. The molecule has 0 aromatic heterocycles. The molecule has 0 unspecified atom stereocenters. The SMILES string of the molecule is COc1ccc2c(c1)S(=O)(=O)NC(=NCCCNC(C)=O)N2. The molecular weight excluding hydrogens is 308 g/mol. The van der Waals surface area contributed by atoms with E-state index < -0.39 is 10.0 Å². The van der Waals surface area contributed by atoms with E-state index in [1.54, 1.807) is 12.1 Å². The number of nitrogens with one attached hydrogen (secondary N) is 3. The van der Waals surface area contributed by atoms with Crippen LogP contribution in [0.3, 0.4) is 0 Å².